The summed E-state index contributed by atoms with van der Waals surface area (Å²) in [6.07, 6.45) is 6.58. The molecular weight excluding hydrogens is 562 g/mol. The fourth-order valence-corrected chi connectivity index (χ4v) is 7.43. The summed E-state index contributed by atoms with van der Waals surface area (Å²) in [6.45, 7) is 3.84. The summed E-state index contributed by atoms with van der Waals surface area (Å²) < 4.78 is 41.1. The van der Waals surface area contributed by atoms with Gasteiger partial charge in [-0.25, -0.2) is 13.4 Å². The van der Waals surface area contributed by atoms with Crippen molar-refractivity contribution in [1.29, 1.82) is 0 Å². The number of rotatable bonds is 8. The zero-order valence-electron chi connectivity index (χ0n) is 21.1. The maximum atomic E-state index is 13.6. The molecule has 2 fully saturated rings. The highest BCUT2D eigenvalue weighted by molar-refractivity contribution is 7.91. The number of benzene rings is 1. The highest BCUT2D eigenvalue weighted by Gasteiger charge is 2.39. The summed E-state index contributed by atoms with van der Waals surface area (Å²) in [4.78, 5) is 20.1. The van der Waals surface area contributed by atoms with Gasteiger partial charge >= 0.3 is 5.56 Å². The molecule has 0 amide bonds. The average Bonchev–Trinajstić information content (AvgIpc) is 3.32. The zero-order chi connectivity index (χ0) is 27.2. The van der Waals surface area contributed by atoms with Gasteiger partial charge < -0.3 is 14.1 Å². The Balaban J connectivity index is 1.24. The number of anilines is 1. The Morgan fingerprint density at radius 1 is 1.13 bits per heavy atom. The molecule has 1 aliphatic carbocycles. The number of aromatic nitrogens is 3. The normalized spacial score (nSPS) is 17.3. The average molecular weight is 588 g/mol. The van der Waals surface area contributed by atoms with Crippen LogP contribution in [0.1, 0.15) is 19.8 Å². The topological polar surface area (TPSA) is 111 Å². The van der Waals surface area contributed by atoms with E-state index in [0.29, 0.717) is 46.7 Å². The molecular formula is C26H26ClN5O5S2. The van der Waals surface area contributed by atoms with Gasteiger partial charge in [0.25, 0.3) is 10.0 Å². The minimum Gasteiger partial charge on any atom is -0.486 e. The quantitative estimate of drug-likeness (QED) is 0.300. The van der Waals surface area contributed by atoms with Crippen LogP contribution in [0.15, 0.2) is 68.6 Å². The molecule has 0 bridgehead atoms. The number of sulfonamides is 1. The van der Waals surface area contributed by atoms with E-state index in [0.717, 1.165) is 24.2 Å². The summed E-state index contributed by atoms with van der Waals surface area (Å²) >= 11 is 7.30. The molecule has 13 heteroatoms. The van der Waals surface area contributed by atoms with Crippen molar-refractivity contribution in [2.75, 3.05) is 37.7 Å². The number of nitrogens with zero attached hydrogens (tertiary/aromatic N) is 5. The van der Waals surface area contributed by atoms with Gasteiger partial charge in [-0.3, -0.25) is 4.79 Å². The predicted octanol–water partition coefficient (Wildman–Crippen LogP) is 4.29. The van der Waals surface area contributed by atoms with E-state index in [2.05, 4.69) is 17.0 Å². The first-order valence-electron chi connectivity index (χ1n) is 12.5. The first-order chi connectivity index (χ1) is 18.7. The lowest BCUT2D eigenvalue weighted by Gasteiger charge is -2.35. The van der Waals surface area contributed by atoms with E-state index in [-0.39, 0.29) is 34.0 Å². The molecule has 3 aromatic heterocycles. The number of hydrogen-bond donors (Lipinski definition) is 0. The molecule has 1 aromatic carbocycles. The van der Waals surface area contributed by atoms with Gasteiger partial charge in [-0.15, -0.1) is 11.3 Å². The lowest BCUT2D eigenvalue weighted by Crippen LogP contribution is -2.49. The van der Waals surface area contributed by atoms with Crippen LogP contribution in [0.4, 0.5) is 5.69 Å². The van der Waals surface area contributed by atoms with Crippen molar-refractivity contribution < 1.29 is 17.6 Å². The highest BCUT2D eigenvalue weighted by atomic mass is 35.5. The number of hydrogen-bond acceptors (Lipinski definition) is 9. The maximum absolute atomic E-state index is 13.6. The Labute approximate surface area is 234 Å². The van der Waals surface area contributed by atoms with E-state index >= 15 is 0 Å². The van der Waals surface area contributed by atoms with Crippen LogP contribution < -0.4 is 15.2 Å². The van der Waals surface area contributed by atoms with Crippen LogP contribution in [0.3, 0.4) is 0 Å². The van der Waals surface area contributed by atoms with Crippen molar-refractivity contribution in [3.8, 4) is 22.1 Å². The van der Waals surface area contributed by atoms with Gasteiger partial charge in [0.15, 0.2) is 12.2 Å². The summed E-state index contributed by atoms with van der Waals surface area (Å²) in [5, 5.41) is 4.90. The molecule has 0 atom stereocenters. The summed E-state index contributed by atoms with van der Waals surface area (Å²) in [6, 6.07) is 10.2. The molecule has 1 saturated heterocycles. The van der Waals surface area contributed by atoms with E-state index in [4.69, 9.17) is 20.8 Å². The largest absolute Gasteiger partial charge is 0.486 e. The first kappa shape index (κ1) is 26.1. The van der Waals surface area contributed by atoms with Gasteiger partial charge in [0.1, 0.15) is 9.90 Å². The molecule has 4 aromatic rings. The number of halogens is 1. The second kappa shape index (κ2) is 10.1. The number of oxazole rings is 1. The summed E-state index contributed by atoms with van der Waals surface area (Å²) in [5.41, 5.74) is 0.778. The number of thiophene rings is 1. The summed E-state index contributed by atoms with van der Waals surface area (Å²) in [5.74, 6) is 0.739. The smallest absolute Gasteiger partial charge is 0.316 e. The van der Waals surface area contributed by atoms with Crippen LogP contribution in [0.25, 0.3) is 16.3 Å². The van der Waals surface area contributed by atoms with E-state index in [1.54, 1.807) is 48.8 Å². The van der Waals surface area contributed by atoms with Crippen LogP contribution in [0, 0.1) is 5.41 Å². The molecule has 0 N–H and O–H groups in total. The second-order valence-electron chi connectivity index (χ2n) is 10.0. The molecule has 6 rings (SSSR count). The van der Waals surface area contributed by atoms with Gasteiger partial charge in [0.05, 0.1) is 29.6 Å². The van der Waals surface area contributed by atoms with Gasteiger partial charge in [-0.05, 0) is 43.2 Å². The van der Waals surface area contributed by atoms with Crippen molar-refractivity contribution in [2.24, 2.45) is 5.41 Å². The Hall–Kier alpha value is -3.19. The van der Waals surface area contributed by atoms with Crippen molar-refractivity contribution in [1.82, 2.24) is 19.1 Å². The molecule has 0 unspecified atom stereocenters. The second-order valence-corrected chi connectivity index (χ2v) is 13.7. The third-order valence-corrected chi connectivity index (χ3v) is 10.8. The molecule has 1 saturated carbocycles. The first-order valence-corrected chi connectivity index (χ1v) is 15.1. The monoisotopic (exact) mass is 587 g/mol. The fraction of sp³-hybridized carbons (Fsp3) is 0.346. The van der Waals surface area contributed by atoms with E-state index in [9.17, 15) is 13.2 Å². The molecule has 10 nitrogen and oxygen atoms in total. The third kappa shape index (κ3) is 5.21. The molecule has 0 spiro atoms. The van der Waals surface area contributed by atoms with Crippen molar-refractivity contribution >= 4 is 38.6 Å². The van der Waals surface area contributed by atoms with E-state index in [1.165, 1.54) is 15.4 Å². The molecule has 2 aliphatic rings. The Morgan fingerprint density at radius 3 is 2.62 bits per heavy atom. The van der Waals surface area contributed by atoms with Crippen molar-refractivity contribution in [3.63, 3.8) is 0 Å². The molecule has 39 heavy (non-hydrogen) atoms. The van der Waals surface area contributed by atoms with Gasteiger partial charge in [0.2, 0.25) is 5.75 Å². The minimum absolute atomic E-state index is 0.0614. The van der Waals surface area contributed by atoms with Crippen LogP contribution in [0.2, 0.25) is 5.02 Å². The Bertz CT molecular complexity index is 1660. The van der Waals surface area contributed by atoms with Crippen LogP contribution in [-0.2, 0) is 10.0 Å². The third-order valence-electron chi connectivity index (χ3n) is 7.07. The van der Waals surface area contributed by atoms with Crippen molar-refractivity contribution in [2.45, 2.75) is 24.0 Å². The van der Waals surface area contributed by atoms with Crippen LogP contribution >= 0.6 is 22.9 Å². The number of ether oxygens (including phenoxy) is 1. The molecule has 1 aliphatic heterocycles. The van der Waals surface area contributed by atoms with Gasteiger partial charge in [-0.2, -0.15) is 14.1 Å². The Morgan fingerprint density at radius 2 is 1.92 bits per heavy atom. The number of piperazine rings is 1. The lowest BCUT2D eigenvalue weighted by atomic mass is 10.2. The fourth-order valence-electron chi connectivity index (χ4n) is 4.41. The van der Waals surface area contributed by atoms with Gasteiger partial charge in [0, 0.05) is 36.6 Å². The van der Waals surface area contributed by atoms with E-state index < -0.39 is 10.0 Å². The van der Waals surface area contributed by atoms with Gasteiger partial charge in [-0.1, -0.05) is 24.6 Å². The Kier molecular flexibility index (Phi) is 6.74. The lowest BCUT2D eigenvalue weighted by molar-refractivity contribution is 0.242. The van der Waals surface area contributed by atoms with E-state index in [1.807, 2.05) is 4.90 Å². The van der Waals surface area contributed by atoms with Crippen LogP contribution in [-0.4, -0.2) is 60.3 Å². The highest BCUT2D eigenvalue weighted by Crippen LogP contribution is 2.45. The molecule has 204 valence electrons. The maximum Gasteiger partial charge on any atom is 0.316 e. The minimum atomic E-state index is -3.69. The van der Waals surface area contributed by atoms with Crippen LogP contribution in [0.5, 0.6) is 5.75 Å². The molecule has 0 radical (unpaired) electrons. The summed E-state index contributed by atoms with van der Waals surface area (Å²) in [7, 11) is -3.69. The van der Waals surface area contributed by atoms with Crippen molar-refractivity contribution in [3.05, 3.63) is 70.6 Å². The standard InChI is InChI=1S/C26H26ClN5O5S2/c1-26(7-8-26)16-36-24-20(14-29-32(25(24)33)19-4-2-3-18(27)13-19)30-9-11-31(12-10-30)39(34,35)23-6-5-22(38-23)21-15-28-17-37-21/h2-6,13-15,17H,7-12,16H2,1H3. The predicted molar refractivity (Wildman–Crippen MR) is 148 cm³/mol. The molecule has 4 heterocycles. The SMILES string of the molecule is CC1(COc2c(N3CCN(S(=O)(=O)c4ccc(-c5cnco5)s4)CC3)cnn(-c3cccc(Cl)c3)c2=O)CC1. The zero-order valence-corrected chi connectivity index (χ0v) is 23.5.